The second-order valence-electron chi connectivity index (χ2n) is 7.95. The van der Waals surface area contributed by atoms with Crippen LogP contribution < -0.4 is 10.6 Å². The van der Waals surface area contributed by atoms with E-state index in [0.29, 0.717) is 0 Å². The lowest BCUT2D eigenvalue weighted by Crippen LogP contribution is -2.31. The Labute approximate surface area is 191 Å². The van der Waals surface area contributed by atoms with Crippen LogP contribution in [0.5, 0.6) is 0 Å². The summed E-state index contributed by atoms with van der Waals surface area (Å²) in [6, 6.07) is 6.91. The van der Waals surface area contributed by atoms with E-state index in [1.165, 1.54) is 43.6 Å². The van der Waals surface area contributed by atoms with Gasteiger partial charge in [-0.15, -0.1) is 0 Å². The Balaban J connectivity index is 2.42. The third-order valence-corrected chi connectivity index (χ3v) is 5.62. The van der Waals surface area contributed by atoms with Crippen LogP contribution in [-0.2, 0) is 19.4 Å². The van der Waals surface area contributed by atoms with Crippen LogP contribution in [0.1, 0.15) is 52.3 Å². The molecule has 0 aliphatic rings. The summed E-state index contributed by atoms with van der Waals surface area (Å²) < 4.78 is 30.0. The second-order valence-corrected chi connectivity index (χ2v) is 10.5. The zero-order valence-corrected chi connectivity index (χ0v) is 19.8. The first-order valence-corrected chi connectivity index (χ1v) is 11.8. The van der Waals surface area contributed by atoms with Crippen molar-refractivity contribution in [2.75, 3.05) is 18.6 Å². The molecule has 0 fully saturated rings. The van der Waals surface area contributed by atoms with Crippen molar-refractivity contribution in [1.82, 2.24) is 10.3 Å². The molecule has 1 unspecified atom stereocenters. The zero-order chi connectivity index (χ0) is 24.3. The predicted molar refractivity (Wildman–Crippen MR) is 120 cm³/mol. The second kappa shape index (κ2) is 9.66. The highest BCUT2D eigenvalue weighted by Crippen LogP contribution is 2.27. The third-order valence-electron chi connectivity index (χ3n) is 4.09. The number of hydrogen-bond acceptors (Lipinski definition) is 7. The summed E-state index contributed by atoms with van der Waals surface area (Å²) in [4.78, 5) is 41.3. The van der Waals surface area contributed by atoms with Crippen molar-refractivity contribution in [3.63, 3.8) is 0 Å². The number of ether oxygens (including phenoxy) is 1. The summed E-state index contributed by atoms with van der Waals surface area (Å²) in [7, 11) is -2.48. The number of nitrogens with one attached hydrogen (secondary N) is 2. The molecule has 11 heteroatoms. The van der Waals surface area contributed by atoms with Crippen LogP contribution in [-0.4, -0.2) is 50.1 Å². The molecule has 0 aliphatic carbocycles. The SMILES string of the molecule is CNC(=O)c1cnc(Cl)cc1NC(=O)c1cccc(C(C(=O)OC(C)(C)C)S(C)(=O)=O)c1. The van der Waals surface area contributed by atoms with E-state index in [2.05, 4.69) is 15.6 Å². The molecule has 1 heterocycles. The lowest BCUT2D eigenvalue weighted by Gasteiger charge is -2.23. The molecule has 32 heavy (non-hydrogen) atoms. The van der Waals surface area contributed by atoms with Crippen molar-refractivity contribution in [2.24, 2.45) is 0 Å². The minimum atomic E-state index is -3.90. The average molecular weight is 482 g/mol. The van der Waals surface area contributed by atoms with Gasteiger partial charge in [0, 0.05) is 25.1 Å². The number of benzene rings is 1. The molecular weight excluding hydrogens is 458 g/mol. The van der Waals surface area contributed by atoms with Gasteiger partial charge in [0.15, 0.2) is 15.1 Å². The smallest absolute Gasteiger partial charge is 0.329 e. The first-order chi connectivity index (χ1) is 14.7. The van der Waals surface area contributed by atoms with E-state index in [0.717, 1.165) is 6.26 Å². The highest BCUT2D eigenvalue weighted by Gasteiger charge is 2.35. The van der Waals surface area contributed by atoms with Gasteiger partial charge in [0.1, 0.15) is 10.8 Å². The van der Waals surface area contributed by atoms with E-state index in [4.69, 9.17) is 16.3 Å². The van der Waals surface area contributed by atoms with Crippen LogP contribution in [0.25, 0.3) is 0 Å². The predicted octanol–water partition coefficient (Wildman–Crippen LogP) is 2.77. The largest absolute Gasteiger partial charge is 0.459 e. The molecule has 1 atom stereocenters. The van der Waals surface area contributed by atoms with Crippen LogP contribution >= 0.6 is 11.6 Å². The standard InChI is InChI=1S/C21H24ClN3O6S/c1-21(2,3)31-20(28)17(32(5,29)30)12-7-6-8-13(9-12)18(26)25-15-10-16(22)24-11-14(15)19(27)23-4/h6-11,17H,1-5H3,(H,23,27)(H,24,25,26). The molecule has 2 aromatic rings. The van der Waals surface area contributed by atoms with Crippen LogP contribution in [0.4, 0.5) is 5.69 Å². The monoisotopic (exact) mass is 481 g/mol. The van der Waals surface area contributed by atoms with Crippen LogP contribution in [0.2, 0.25) is 5.15 Å². The molecule has 2 rings (SSSR count). The Hall–Kier alpha value is -2.98. The van der Waals surface area contributed by atoms with E-state index >= 15 is 0 Å². The molecule has 0 saturated carbocycles. The van der Waals surface area contributed by atoms with Crippen molar-refractivity contribution in [2.45, 2.75) is 31.6 Å². The van der Waals surface area contributed by atoms with Gasteiger partial charge < -0.3 is 15.4 Å². The van der Waals surface area contributed by atoms with E-state index in [1.54, 1.807) is 20.8 Å². The zero-order valence-electron chi connectivity index (χ0n) is 18.2. The minimum absolute atomic E-state index is 0.0590. The Morgan fingerprint density at radius 1 is 1.12 bits per heavy atom. The highest BCUT2D eigenvalue weighted by atomic mass is 35.5. The molecule has 9 nitrogen and oxygen atoms in total. The van der Waals surface area contributed by atoms with Crippen LogP contribution in [0, 0.1) is 0 Å². The number of carbonyl (C=O) groups excluding carboxylic acids is 3. The Morgan fingerprint density at radius 2 is 1.78 bits per heavy atom. The molecule has 0 aliphatic heterocycles. The number of amides is 2. The fourth-order valence-electron chi connectivity index (χ4n) is 2.80. The first-order valence-electron chi connectivity index (χ1n) is 9.43. The molecule has 0 bridgehead atoms. The maximum absolute atomic E-state index is 12.8. The summed E-state index contributed by atoms with van der Waals surface area (Å²) in [5.74, 6) is -2.07. The Morgan fingerprint density at radius 3 is 2.34 bits per heavy atom. The van der Waals surface area contributed by atoms with Crippen molar-refractivity contribution in [3.8, 4) is 0 Å². The summed E-state index contributed by atoms with van der Waals surface area (Å²) in [5.41, 5.74) is -0.550. The quantitative estimate of drug-likeness (QED) is 0.479. The lowest BCUT2D eigenvalue weighted by molar-refractivity contribution is -0.154. The van der Waals surface area contributed by atoms with E-state index in [-0.39, 0.29) is 27.5 Å². The van der Waals surface area contributed by atoms with Gasteiger partial charge >= 0.3 is 5.97 Å². The summed E-state index contributed by atoms with van der Waals surface area (Å²) >= 11 is 5.89. The van der Waals surface area contributed by atoms with E-state index in [1.807, 2.05) is 0 Å². The third kappa shape index (κ3) is 6.51. The van der Waals surface area contributed by atoms with Gasteiger partial charge in [-0.3, -0.25) is 14.4 Å². The number of pyridine rings is 1. The summed E-state index contributed by atoms with van der Waals surface area (Å²) in [5, 5.41) is 3.45. The average Bonchev–Trinajstić information content (AvgIpc) is 2.65. The van der Waals surface area contributed by atoms with Gasteiger partial charge in [-0.1, -0.05) is 23.7 Å². The fraction of sp³-hybridized carbons (Fsp3) is 0.333. The van der Waals surface area contributed by atoms with Crippen molar-refractivity contribution >= 4 is 44.9 Å². The number of halogens is 1. The van der Waals surface area contributed by atoms with Crippen molar-refractivity contribution in [3.05, 3.63) is 58.4 Å². The van der Waals surface area contributed by atoms with Crippen molar-refractivity contribution in [1.29, 1.82) is 0 Å². The lowest BCUT2D eigenvalue weighted by atomic mass is 10.1. The van der Waals surface area contributed by atoms with Crippen LogP contribution in [0.15, 0.2) is 36.5 Å². The number of sulfone groups is 1. The molecule has 1 aromatic heterocycles. The van der Waals surface area contributed by atoms with E-state index < -0.39 is 38.5 Å². The van der Waals surface area contributed by atoms with Gasteiger partial charge in [0.25, 0.3) is 11.8 Å². The number of anilines is 1. The number of rotatable bonds is 6. The number of aromatic nitrogens is 1. The van der Waals surface area contributed by atoms with Gasteiger partial charge in [-0.2, -0.15) is 0 Å². The Kier molecular flexibility index (Phi) is 7.63. The molecular formula is C21H24ClN3O6S. The molecule has 0 spiro atoms. The minimum Gasteiger partial charge on any atom is -0.459 e. The van der Waals surface area contributed by atoms with Crippen molar-refractivity contribution < 1.29 is 27.5 Å². The number of nitrogens with zero attached hydrogens (tertiary/aromatic N) is 1. The van der Waals surface area contributed by atoms with Gasteiger partial charge in [0.05, 0.1) is 11.3 Å². The highest BCUT2D eigenvalue weighted by molar-refractivity contribution is 7.91. The maximum Gasteiger partial charge on any atom is 0.329 e. The number of carbonyl (C=O) groups is 3. The first kappa shape index (κ1) is 25.3. The number of esters is 1. The van der Waals surface area contributed by atoms with E-state index in [9.17, 15) is 22.8 Å². The number of hydrogen-bond donors (Lipinski definition) is 2. The van der Waals surface area contributed by atoms with Gasteiger partial charge in [-0.25, -0.2) is 13.4 Å². The molecule has 2 amide bonds. The topological polar surface area (TPSA) is 132 Å². The van der Waals surface area contributed by atoms with Gasteiger partial charge in [0.2, 0.25) is 0 Å². The van der Waals surface area contributed by atoms with Gasteiger partial charge in [-0.05, 0) is 44.5 Å². The Bertz CT molecular complexity index is 1160. The van der Waals surface area contributed by atoms with Crippen LogP contribution in [0.3, 0.4) is 0 Å². The molecule has 172 valence electrons. The summed E-state index contributed by atoms with van der Waals surface area (Å²) in [6.07, 6.45) is 2.14. The molecule has 0 radical (unpaired) electrons. The molecule has 0 saturated heterocycles. The maximum atomic E-state index is 12.8. The molecule has 2 N–H and O–H groups in total. The fourth-order valence-corrected chi connectivity index (χ4v) is 4.00. The summed E-state index contributed by atoms with van der Waals surface area (Å²) in [6.45, 7) is 4.87. The normalized spacial score (nSPS) is 12.6. The molecule has 1 aromatic carbocycles.